The molecular weight excluding hydrogens is 244 g/mol. The summed E-state index contributed by atoms with van der Waals surface area (Å²) >= 11 is 0. The van der Waals surface area contributed by atoms with Gasteiger partial charge in [0.1, 0.15) is 11.9 Å². The molecule has 1 atom stereocenters. The molecule has 1 amide bonds. The number of morpholine rings is 1. The standard InChI is InChI=1S/C13H18N4O2/c14-12(18)11(17-3-5-19-6-4-17)10-7-15-13(16-8-10)9-1-2-9/h7-9,11H,1-6H2,(H2,14,18). The van der Waals surface area contributed by atoms with Crippen LogP contribution in [0, 0.1) is 0 Å². The Balaban J connectivity index is 1.79. The molecule has 0 radical (unpaired) electrons. The lowest BCUT2D eigenvalue weighted by molar-refractivity contribution is -0.125. The van der Waals surface area contributed by atoms with E-state index in [0.29, 0.717) is 32.2 Å². The Morgan fingerprint density at radius 1 is 1.32 bits per heavy atom. The number of ether oxygens (including phenoxy) is 1. The van der Waals surface area contributed by atoms with Crippen molar-refractivity contribution >= 4 is 5.91 Å². The maximum absolute atomic E-state index is 11.7. The zero-order chi connectivity index (χ0) is 13.2. The molecule has 102 valence electrons. The highest BCUT2D eigenvalue weighted by molar-refractivity contribution is 5.81. The lowest BCUT2D eigenvalue weighted by Crippen LogP contribution is -2.44. The molecule has 1 aliphatic carbocycles. The van der Waals surface area contributed by atoms with Gasteiger partial charge in [0.15, 0.2) is 0 Å². The van der Waals surface area contributed by atoms with Crippen molar-refractivity contribution in [3.8, 4) is 0 Å². The van der Waals surface area contributed by atoms with E-state index in [9.17, 15) is 4.79 Å². The molecule has 1 aromatic rings. The van der Waals surface area contributed by atoms with Gasteiger partial charge in [-0.3, -0.25) is 9.69 Å². The first-order valence-electron chi connectivity index (χ1n) is 6.68. The van der Waals surface area contributed by atoms with Crippen molar-refractivity contribution in [3.63, 3.8) is 0 Å². The lowest BCUT2D eigenvalue weighted by Gasteiger charge is -2.32. The Morgan fingerprint density at radius 3 is 2.47 bits per heavy atom. The third kappa shape index (κ3) is 2.74. The minimum atomic E-state index is -0.447. The van der Waals surface area contributed by atoms with Crippen LogP contribution in [-0.2, 0) is 9.53 Å². The molecule has 0 bridgehead atoms. The molecular formula is C13H18N4O2. The molecule has 0 aromatic carbocycles. The van der Waals surface area contributed by atoms with Crippen molar-refractivity contribution in [3.05, 3.63) is 23.8 Å². The molecule has 2 fully saturated rings. The van der Waals surface area contributed by atoms with Gasteiger partial charge in [-0.2, -0.15) is 0 Å². The smallest absolute Gasteiger partial charge is 0.239 e. The first-order chi connectivity index (χ1) is 9.25. The summed E-state index contributed by atoms with van der Waals surface area (Å²) in [4.78, 5) is 22.5. The second-order valence-electron chi connectivity index (χ2n) is 5.10. The topological polar surface area (TPSA) is 81.3 Å². The number of rotatable bonds is 4. The molecule has 1 saturated heterocycles. The van der Waals surface area contributed by atoms with Crippen LogP contribution in [0.15, 0.2) is 12.4 Å². The number of hydrogen-bond acceptors (Lipinski definition) is 5. The van der Waals surface area contributed by atoms with E-state index in [1.54, 1.807) is 12.4 Å². The van der Waals surface area contributed by atoms with Gasteiger partial charge in [0.05, 0.1) is 13.2 Å². The number of primary amides is 1. The van der Waals surface area contributed by atoms with E-state index in [4.69, 9.17) is 10.5 Å². The van der Waals surface area contributed by atoms with Gasteiger partial charge in [-0.15, -0.1) is 0 Å². The van der Waals surface area contributed by atoms with Gasteiger partial charge in [-0.25, -0.2) is 9.97 Å². The van der Waals surface area contributed by atoms with Crippen molar-refractivity contribution in [2.24, 2.45) is 5.73 Å². The van der Waals surface area contributed by atoms with Crippen LogP contribution in [-0.4, -0.2) is 47.1 Å². The van der Waals surface area contributed by atoms with Crippen LogP contribution < -0.4 is 5.73 Å². The fourth-order valence-electron chi connectivity index (χ4n) is 2.43. The van der Waals surface area contributed by atoms with Crippen LogP contribution >= 0.6 is 0 Å². The van der Waals surface area contributed by atoms with Crippen molar-refractivity contribution in [2.75, 3.05) is 26.3 Å². The van der Waals surface area contributed by atoms with E-state index in [-0.39, 0.29) is 5.91 Å². The van der Waals surface area contributed by atoms with Gasteiger partial charge in [0.25, 0.3) is 0 Å². The monoisotopic (exact) mass is 262 g/mol. The Labute approximate surface area is 112 Å². The Kier molecular flexibility index (Phi) is 3.44. The minimum Gasteiger partial charge on any atom is -0.379 e. The fourth-order valence-corrected chi connectivity index (χ4v) is 2.43. The summed E-state index contributed by atoms with van der Waals surface area (Å²) in [6, 6.07) is -0.447. The molecule has 2 aliphatic rings. The van der Waals surface area contributed by atoms with Crippen molar-refractivity contribution in [1.82, 2.24) is 14.9 Å². The number of nitrogens with two attached hydrogens (primary N) is 1. The fraction of sp³-hybridized carbons (Fsp3) is 0.615. The van der Waals surface area contributed by atoms with Crippen molar-refractivity contribution < 1.29 is 9.53 Å². The third-order valence-electron chi connectivity index (χ3n) is 3.63. The Morgan fingerprint density at radius 2 is 1.95 bits per heavy atom. The molecule has 2 N–H and O–H groups in total. The van der Waals surface area contributed by atoms with E-state index >= 15 is 0 Å². The molecule has 3 rings (SSSR count). The highest BCUT2D eigenvalue weighted by atomic mass is 16.5. The van der Waals surface area contributed by atoms with Crippen LogP contribution in [0.3, 0.4) is 0 Å². The highest BCUT2D eigenvalue weighted by Crippen LogP contribution is 2.37. The van der Waals surface area contributed by atoms with Crippen molar-refractivity contribution in [1.29, 1.82) is 0 Å². The maximum atomic E-state index is 11.7. The zero-order valence-electron chi connectivity index (χ0n) is 10.8. The van der Waals surface area contributed by atoms with E-state index in [1.165, 1.54) is 12.8 Å². The highest BCUT2D eigenvalue weighted by Gasteiger charge is 2.30. The molecule has 1 saturated carbocycles. The van der Waals surface area contributed by atoms with Gasteiger partial charge in [-0.05, 0) is 12.8 Å². The Hall–Kier alpha value is -1.53. The van der Waals surface area contributed by atoms with Gasteiger partial charge in [-0.1, -0.05) is 0 Å². The molecule has 2 heterocycles. The van der Waals surface area contributed by atoms with Crippen LogP contribution in [0.1, 0.15) is 36.2 Å². The summed E-state index contributed by atoms with van der Waals surface area (Å²) in [5.74, 6) is 1.04. The summed E-state index contributed by atoms with van der Waals surface area (Å²) in [5.41, 5.74) is 6.31. The number of carbonyl (C=O) groups is 1. The second kappa shape index (κ2) is 5.22. The predicted molar refractivity (Wildman–Crippen MR) is 68.3 cm³/mol. The molecule has 6 nitrogen and oxygen atoms in total. The minimum absolute atomic E-state index is 0.357. The average Bonchev–Trinajstić information content (AvgIpc) is 3.25. The lowest BCUT2D eigenvalue weighted by atomic mass is 10.1. The quantitative estimate of drug-likeness (QED) is 0.839. The van der Waals surface area contributed by atoms with E-state index in [1.807, 2.05) is 4.90 Å². The summed E-state index contributed by atoms with van der Waals surface area (Å²) in [6.07, 6.45) is 5.82. The largest absolute Gasteiger partial charge is 0.379 e. The molecule has 19 heavy (non-hydrogen) atoms. The van der Waals surface area contributed by atoms with Gasteiger partial charge >= 0.3 is 0 Å². The summed E-state index contributed by atoms with van der Waals surface area (Å²) < 4.78 is 5.30. The third-order valence-corrected chi connectivity index (χ3v) is 3.63. The summed E-state index contributed by atoms with van der Waals surface area (Å²) in [7, 11) is 0. The predicted octanol–water partition coefficient (Wildman–Crippen LogP) is 0.213. The normalized spacial score (nSPS) is 22.1. The molecule has 1 unspecified atom stereocenters. The molecule has 1 aliphatic heterocycles. The van der Waals surface area contributed by atoms with Crippen LogP contribution in [0.2, 0.25) is 0 Å². The SMILES string of the molecule is NC(=O)C(c1cnc(C2CC2)nc1)N1CCOCC1. The zero-order valence-corrected chi connectivity index (χ0v) is 10.8. The van der Waals surface area contributed by atoms with Crippen molar-refractivity contribution in [2.45, 2.75) is 24.8 Å². The van der Waals surface area contributed by atoms with E-state index in [2.05, 4.69) is 9.97 Å². The van der Waals surface area contributed by atoms with Crippen LogP contribution in [0.4, 0.5) is 0 Å². The number of hydrogen-bond donors (Lipinski definition) is 1. The summed E-state index contributed by atoms with van der Waals surface area (Å²) in [6.45, 7) is 2.67. The van der Waals surface area contributed by atoms with Gasteiger partial charge < -0.3 is 10.5 Å². The average molecular weight is 262 g/mol. The van der Waals surface area contributed by atoms with Crippen LogP contribution in [0.25, 0.3) is 0 Å². The van der Waals surface area contributed by atoms with Gasteiger partial charge in [0, 0.05) is 37.0 Å². The number of nitrogens with zero attached hydrogens (tertiary/aromatic N) is 3. The molecule has 1 aromatic heterocycles. The molecule has 6 heteroatoms. The van der Waals surface area contributed by atoms with Crippen LogP contribution in [0.5, 0.6) is 0 Å². The van der Waals surface area contributed by atoms with E-state index in [0.717, 1.165) is 11.4 Å². The maximum Gasteiger partial charge on any atom is 0.239 e. The first kappa shape index (κ1) is 12.5. The summed E-state index contributed by atoms with van der Waals surface area (Å²) in [5, 5.41) is 0. The molecule has 0 spiro atoms. The van der Waals surface area contributed by atoms with E-state index < -0.39 is 6.04 Å². The number of carbonyl (C=O) groups excluding carboxylic acids is 1. The van der Waals surface area contributed by atoms with Gasteiger partial charge in [0.2, 0.25) is 5.91 Å². The number of amides is 1. The Bertz CT molecular complexity index is 452. The first-order valence-corrected chi connectivity index (χ1v) is 6.68. The second-order valence-corrected chi connectivity index (χ2v) is 5.10. The number of aromatic nitrogens is 2.